The Morgan fingerprint density at radius 3 is 2.41 bits per heavy atom. The fourth-order valence-corrected chi connectivity index (χ4v) is 2.72. The summed E-state index contributed by atoms with van der Waals surface area (Å²) in [5, 5.41) is 0. The second-order valence-electron chi connectivity index (χ2n) is 5.30. The van der Waals surface area contributed by atoms with E-state index in [-0.39, 0.29) is 5.91 Å². The molecule has 2 N–H and O–H groups in total. The molecule has 1 rings (SSSR count). The number of rotatable bonds is 9. The van der Waals surface area contributed by atoms with Gasteiger partial charge in [0.1, 0.15) is 0 Å². The predicted octanol–water partition coefficient (Wildman–Crippen LogP) is 3.95. The summed E-state index contributed by atoms with van der Waals surface area (Å²) in [4.78, 5) is 10.4. The molecule has 0 aromatic heterocycles. The number of allylic oxidation sites excluding steroid dienone is 1. The molecule has 0 atom stereocenters. The van der Waals surface area contributed by atoms with E-state index in [4.69, 9.17) is 5.73 Å². The number of hydrogen-bond acceptors (Lipinski definition) is 1. The van der Waals surface area contributed by atoms with Crippen molar-refractivity contribution in [3.8, 4) is 0 Å². The van der Waals surface area contributed by atoms with Gasteiger partial charge in [-0.15, -0.1) is 0 Å². The zero-order chi connectivity index (χ0) is 12.3. The van der Waals surface area contributed by atoms with Gasteiger partial charge in [0.05, 0.1) is 0 Å². The summed E-state index contributed by atoms with van der Waals surface area (Å²) in [6.45, 7) is 0. The molecule has 0 unspecified atom stereocenters. The number of amides is 1. The van der Waals surface area contributed by atoms with Gasteiger partial charge in [0.2, 0.25) is 5.91 Å². The standard InChI is InChI=1S/C15H27NO/c16-15(17)13-7-5-3-1-2-4-6-10-14-11-8-9-12-14/h7,13-14H,1-6,8-12H2,(H2,16,17). The van der Waals surface area contributed by atoms with E-state index in [1.165, 1.54) is 70.3 Å². The van der Waals surface area contributed by atoms with E-state index in [0.29, 0.717) is 0 Å². The summed E-state index contributed by atoms with van der Waals surface area (Å²) < 4.78 is 0. The van der Waals surface area contributed by atoms with Crippen LogP contribution >= 0.6 is 0 Å². The molecule has 2 heteroatoms. The Morgan fingerprint density at radius 1 is 1.06 bits per heavy atom. The molecular formula is C15H27NO. The zero-order valence-electron chi connectivity index (χ0n) is 11.0. The predicted molar refractivity (Wildman–Crippen MR) is 72.6 cm³/mol. The number of hydrogen-bond donors (Lipinski definition) is 1. The van der Waals surface area contributed by atoms with Crippen LogP contribution in [0, 0.1) is 5.92 Å². The van der Waals surface area contributed by atoms with E-state index in [1.54, 1.807) is 0 Å². The molecule has 1 amide bonds. The Kier molecular flexibility index (Phi) is 7.78. The van der Waals surface area contributed by atoms with E-state index in [2.05, 4.69) is 0 Å². The molecule has 0 heterocycles. The minimum Gasteiger partial charge on any atom is -0.366 e. The van der Waals surface area contributed by atoms with Gasteiger partial charge in [0.15, 0.2) is 0 Å². The van der Waals surface area contributed by atoms with Crippen LogP contribution < -0.4 is 5.73 Å². The highest BCUT2D eigenvalue weighted by Crippen LogP contribution is 2.29. The Balaban J connectivity index is 1.79. The lowest BCUT2D eigenvalue weighted by Crippen LogP contribution is -2.05. The summed E-state index contributed by atoms with van der Waals surface area (Å²) >= 11 is 0. The van der Waals surface area contributed by atoms with Crippen molar-refractivity contribution >= 4 is 5.91 Å². The normalized spacial score (nSPS) is 16.9. The first-order valence-electron chi connectivity index (χ1n) is 7.25. The monoisotopic (exact) mass is 237 g/mol. The SMILES string of the molecule is NC(=O)C=CCCCCCCCC1CCCC1. The smallest absolute Gasteiger partial charge is 0.241 e. The first kappa shape index (κ1) is 14.3. The second kappa shape index (κ2) is 9.26. The lowest BCUT2D eigenvalue weighted by molar-refractivity contribution is -0.113. The molecule has 98 valence electrons. The fraction of sp³-hybridized carbons (Fsp3) is 0.800. The van der Waals surface area contributed by atoms with Gasteiger partial charge in [-0.1, -0.05) is 63.9 Å². The number of primary amides is 1. The lowest BCUT2D eigenvalue weighted by Gasteiger charge is -2.07. The number of unbranched alkanes of at least 4 members (excludes halogenated alkanes) is 5. The van der Waals surface area contributed by atoms with Crippen molar-refractivity contribution in [2.45, 2.75) is 70.6 Å². The maximum absolute atomic E-state index is 10.4. The van der Waals surface area contributed by atoms with Gasteiger partial charge >= 0.3 is 0 Å². The number of carbonyl (C=O) groups excluding carboxylic acids is 1. The van der Waals surface area contributed by atoms with Crippen LogP contribution in [0.1, 0.15) is 70.6 Å². The van der Waals surface area contributed by atoms with Crippen LogP contribution in [0.3, 0.4) is 0 Å². The van der Waals surface area contributed by atoms with Crippen LogP contribution in [0.4, 0.5) is 0 Å². The average molecular weight is 237 g/mol. The third-order valence-corrected chi connectivity index (χ3v) is 3.74. The molecule has 0 aromatic carbocycles. The maximum atomic E-state index is 10.4. The van der Waals surface area contributed by atoms with E-state index < -0.39 is 0 Å². The first-order valence-corrected chi connectivity index (χ1v) is 7.25. The van der Waals surface area contributed by atoms with Gasteiger partial charge in [-0.25, -0.2) is 0 Å². The van der Waals surface area contributed by atoms with Gasteiger partial charge in [0, 0.05) is 0 Å². The van der Waals surface area contributed by atoms with Crippen molar-refractivity contribution < 1.29 is 4.79 Å². The third kappa shape index (κ3) is 8.00. The summed E-state index contributed by atoms with van der Waals surface area (Å²) in [6.07, 6.45) is 18.3. The van der Waals surface area contributed by atoms with E-state index >= 15 is 0 Å². The van der Waals surface area contributed by atoms with Gasteiger partial charge < -0.3 is 5.73 Å². The highest BCUT2D eigenvalue weighted by atomic mass is 16.1. The molecule has 17 heavy (non-hydrogen) atoms. The molecule has 0 radical (unpaired) electrons. The molecular weight excluding hydrogens is 210 g/mol. The van der Waals surface area contributed by atoms with Crippen LogP contribution in [-0.4, -0.2) is 5.91 Å². The van der Waals surface area contributed by atoms with E-state index in [9.17, 15) is 4.79 Å². The van der Waals surface area contributed by atoms with Gasteiger partial charge in [-0.05, 0) is 24.8 Å². The molecule has 0 saturated heterocycles. The van der Waals surface area contributed by atoms with E-state index in [1.807, 2.05) is 6.08 Å². The summed E-state index contributed by atoms with van der Waals surface area (Å²) in [7, 11) is 0. The third-order valence-electron chi connectivity index (χ3n) is 3.74. The van der Waals surface area contributed by atoms with Crippen molar-refractivity contribution in [1.29, 1.82) is 0 Å². The molecule has 0 spiro atoms. The van der Waals surface area contributed by atoms with Crippen LogP contribution in [-0.2, 0) is 4.79 Å². The Morgan fingerprint density at radius 2 is 1.71 bits per heavy atom. The zero-order valence-corrected chi connectivity index (χ0v) is 11.0. The summed E-state index contributed by atoms with van der Waals surface area (Å²) in [5.41, 5.74) is 5.01. The van der Waals surface area contributed by atoms with Gasteiger partial charge in [0.25, 0.3) is 0 Å². The van der Waals surface area contributed by atoms with Crippen LogP contribution in [0.15, 0.2) is 12.2 Å². The number of carbonyl (C=O) groups is 1. The Hall–Kier alpha value is -0.790. The van der Waals surface area contributed by atoms with Gasteiger partial charge in [-0.3, -0.25) is 4.79 Å². The van der Waals surface area contributed by atoms with Crippen molar-refractivity contribution in [1.82, 2.24) is 0 Å². The Labute approximate surface area is 106 Å². The quantitative estimate of drug-likeness (QED) is 0.479. The molecule has 1 aliphatic carbocycles. The number of nitrogens with two attached hydrogens (primary N) is 1. The fourth-order valence-electron chi connectivity index (χ4n) is 2.72. The molecule has 1 aliphatic rings. The average Bonchev–Trinajstić information content (AvgIpc) is 2.79. The van der Waals surface area contributed by atoms with Crippen molar-refractivity contribution in [3.05, 3.63) is 12.2 Å². The minimum absolute atomic E-state index is 0.332. The largest absolute Gasteiger partial charge is 0.366 e. The van der Waals surface area contributed by atoms with Gasteiger partial charge in [-0.2, -0.15) is 0 Å². The molecule has 0 aliphatic heterocycles. The van der Waals surface area contributed by atoms with Crippen LogP contribution in [0.2, 0.25) is 0 Å². The summed E-state index contributed by atoms with van der Waals surface area (Å²) in [5.74, 6) is 0.718. The van der Waals surface area contributed by atoms with Crippen molar-refractivity contribution in [3.63, 3.8) is 0 Å². The van der Waals surface area contributed by atoms with E-state index in [0.717, 1.165) is 12.3 Å². The topological polar surface area (TPSA) is 43.1 Å². The molecule has 1 fully saturated rings. The molecule has 0 aromatic rings. The molecule has 1 saturated carbocycles. The summed E-state index contributed by atoms with van der Waals surface area (Å²) in [6, 6.07) is 0. The molecule has 2 nitrogen and oxygen atoms in total. The Bertz CT molecular complexity index is 229. The first-order chi connectivity index (χ1) is 8.29. The minimum atomic E-state index is -0.332. The lowest BCUT2D eigenvalue weighted by atomic mass is 9.99. The van der Waals surface area contributed by atoms with Crippen LogP contribution in [0.25, 0.3) is 0 Å². The highest BCUT2D eigenvalue weighted by Gasteiger charge is 2.13. The van der Waals surface area contributed by atoms with Crippen LogP contribution in [0.5, 0.6) is 0 Å². The molecule has 0 bridgehead atoms. The second-order valence-corrected chi connectivity index (χ2v) is 5.30. The maximum Gasteiger partial charge on any atom is 0.241 e. The van der Waals surface area contributed by atoms with Crippen molar-refractivity contribution in [2.75, 3.05) is 0 Å². The highest BCUT2D eigenvalue weighted by molar-refractivity contribution is 5.85. The van der Waals surface area contributed by atoms with Crippen molar-refractivity contribution in [2.24, 2.45) is 11.7 Å².